The number of unbranched alkanes of at least 4 members (excludes halogenated alkanes) is 1. The zero-order chi connectivity index (χ0) is 20.1. The molecule has 0 aromatic heterocycles. The third-order valence-electron chi connectivity index (χ3n) is 6.68. The van der Waals surface area contributed by atoms with Crippen LogP contribution in [0.5, 0.6) is 0 Å². The van der Waals surface area contributed by atoms with Crippen molar-refractivity contribution in [3.63, 3.8) is 0 Å². The minimum Gasteiger partial charge on any atom is -0.469 e. The third kappa shape index (κ3) is 5.29. The Morgan fingerprint density at radius 1 is 1.25 bits per heavy atom. The maximum Gasteiger partial charge on any atom is 0.306 e. The van der Waals surface area contributed by atoms with E-state index in [1.165, 1.54) is 12.8 Å². The molecule has 0 amide bonds. The molecular formula is C23H38O5. The van der Waals surface area contributed by atoms with Gasteiger partial charge >= 0.3 is 5.97 Å². The van der Waals surface area contributed by atoms with Crippen LogP contribution < -0.4 is 0 Å². The summed E-state index contributed by atoms with van der Waals surface area (Å²) in [5, 5.41) is 10.3. The largest absolute Gasteiger partial charge is 0.469 e. The number of fused-ring (bicyclic) bond motifs is 1. The highest BCUT2D eigenvalue weighted by molar-refractivity contribution is 5.72. The number of esters is 1. The first kappa shape index (κ1) is 21.6. The van der Waals surface area contributed by atoms with Crippen LogP contribution in [0.25, 0.3) is 0 Å². The fourth-order valence-corrected chi connectivity index (χ4v) is 5.08. The number of allylic oxidation sites excluding steroid dienone is 1. The molecule has 0 radical (unpaired) electrons. The molecule has 2 aliphatic heterocycles. The van der Waals surface area contributed by atoms with E-state index in [1.54, 1.807) is 0 Å². The summed E-state index contributed by atoms with van der Waals surface area (Å²) in [6.07, 6.45) is 9.47. The van der Waals surface area contributed by atoms with Crippen molar-refractivity contribution in [1.29, 1.82) is 0 Å². The number of carbonyl (C=O) groups excluding carboxylic acids is 1. The summed E-state index contributed by atoms with van der Waals surface area (Å²) in [7, 11) is 0. The average molecular weight is 395 g/mol. The molecule has 0 spiro atoms. The second-order valence-corrected chi connectivity index (χ2v) is 9.55. The first-order valence-corrected chi connectivity index (χ1v) is 11.2. The number of aliphatic hydroxyl groups is 1. The summed E-state index contributed by atoms with van der Waals surface area (Å²) < 4.78 is 17.8. The van der Waals surface area contributed by atoms with Gasteiger partial charge in [-0.1, -0.05) is 33.6 Å². The van der Waals surface area contributed by atoms with Gasteiger partial charge in [0.1, 0.15) is 11.9 Å². The van der Waals surface area contributed by atoms with Gasteiger partial charge in [0.05, 0.1) is 19.6 Å². The molecule has 160 valence electrons. The molecule has 3 aliphatic rings. The van der Waals surface area contributed by atoms with Crippen molar-refractivity contribution in [2.45, 2.75) is 97.4 Å². The molecule has 0 bridgehead atoms. The van der Waals surface area contributed by atoms with Gasteiger partial charge in [-0.3, -0.25) is 4.79 Å². The molecule has 1 N–H and O–H groups in total. The van der Waals surface area contributed by atoms with Crippen molar-refractivity contribution in [2.75, 3.05) is 13.2 Å². The molecule has 28 heavy (non-hydrogen) atoms. The van der Waals surface area contributed by atoms with Gasteiger partial charge < -0.3 is 19.3 Å². The SMILES string of the molecule is CCCCC(C)(C)CC(OC1CCCCO1)=C(CO)C1CCC2OC(=O)CC21. The van der Waals surface area contributed by atoms with Crippen LogP contribution in [-0.2, 0) is 19.0 Å². The number of carbonyl (C=O) groups is 1. The molecule has 4 atom stereocenters. The summed E-state index contributed by atoms with van der Waals surface area (Å²) in [6.45, 7) is 7.50. The van der Waals surface area contributed by atoms with Gasteiger partial charge in [0.15, 0.2) is 6.29 Å². The Hall–Kier alpha value is -1.07. The Labute approximate surface area is 169 Å². The summed E-state index contributed by atoms with van der Waals surface area (Å²) in [5.74, 6) is 1.15. The topological polar surface area (TPSA) is 65.0 Å². The highest BCUT2D eigenvalue weighted by Gasteiger charge is 2.47. The van der Waals surface area contributed by atoms with Crippen LogP contribution in [0.15, 0.2) is 11.3 Å². The molecule has 5 nitrogen and oxygen atoms in total. The fourth-order valence-electron chi connectivity index (χ4n) is 5.08. The van der Waals surface area contributed by atoms with Crippen LogP contribution in [0.3, 0.4) is 0 Å². The lowest BCUT2D eigenvalue weighted by atomic mass is 9.79. The van der Waals surface area contributed by atoms with E-state index in [9.17, 15) is 9.90 Å². The van der Waals surface area contributed by atoms with E-state index in [-0.39, 0.29) is 42.2 Å². The molecule has 1 saturated carbocycles. The van der Waals surface area contributed by atoms with E-state index in [2.05, 4.69) is 20.8 Å². The molecule has 2 saturated heterocycles. The first-order valence-electron chi connectivity index (χ1n) is 11.2. The number of hydrogen-bond donors (Lipinski definition) is 1. The zero-order valence-corrected chi connectivity index (χ0v) is 17.9. The first-order chi connectivity index (χ1) is 13.4. The number of rotatable bonds is 9. The van der Waals surface area contributed by atoms with Crippen molar-refractivity contribution >= 4 is 5.97 Å². The minimum absolute atomic E-state index is 0.0133. The Balaban J connectivity index is 1.83. The van der Waals surface area contributed by atoms with Gasteiger partial charge in [-0.05, 0) is 49.0 Å². The van der Waals surface area contributed by atoms with Crippen LogP contribution >= 0.6 is 0 Å². The highest BCUT2D eigenvalue weighted by Crippen LogP contribution is 2.46. The molecule has 2 heterocycles. The normalized spacial score (nSPS) is 31.4. The Morgan fingerprint density at radius 2 is 2.07 bits per heavy atom. The van der Waals surface area contributed by atoms with Gasteiger partial charge in [-0.2, -0.15) is 0 Å². The predicted octanol–water partition coefficient (Wildman–Crippen LogP) is 4.72. The number of aliphatic hydroxyl groups excluding tert-OH is 1. The van der Waals surface area contributed by atoms with E-state index in [4.69, 9.17) is 14.2 Å². The third-order valence-corrected chi connectivity index (χ3v) is 6.68. The van der Waals surface area contributed by atoms with E-state index in [0.29, 0.717) is 6.42 Å². The summed E-state index contributed by atoms with van der Waals surface area (Å²) in [4.78, 5) is 11.8. The molecule has 0 aromatic carbocycles. The van der Waals surface area contributed by atoms with Crippen LogP contribution in [0.2, 0.25) is 0 Å². The zero-order valence-electron chi connectivity index (χ0n) is 17.9. The highest BCUT2D eigenvalue weighted by atomic mass is 16.7. The van der Waals surface area contributed by atoms with E-state index < -0.39 is 0 Å². The van der Waals surface area contributed by atoms with Crippen LogP contribution in [0.4, 0.5) is 0 Å². The van der Waals surface area contributed by atoms with Crippen LogP contribution in [0.1, 0.15) is 85.0 Å². The lowest BCUT2D eigenvalue weighted by Crippen LogP contribution is -2.27. The quantitative estimate of drug-likeness (QED) is 0.453. The molecule has 0 aromatic rings. The predicted molar refractivity (Wildman–Crippen MR) is 107 cm³/mol. The van der Waals surface area contributed by atoms with Crippen LogP contribution in [-0.4, -0.2) is 36.7 Å². The lowest BCUT2D eigenvalue weighted by Gasteiger charge is -2.33. The van der Waals surface area contributed by atoms with Gasteiger partial charge in [-0.15, -0.1) is 0 Å². The van der Waals surface area contributed by atoms with Gasteiger partial charge in [-0.25, -0.2) is 0 Å². The smallest absolute Gasteiger partial charge is 0.306 e. The van der Waals surface area contributed by atoms with E-state index >= 15 is 0 Å². The van der Waals surface area contributed by atoms with Gasteiger partial charge in [0.25, 0.3) is 0 Å². The second kappa shape index (κ2) is 9.62. The van der Waals surface area contributed by atoms with E-state index in [0.717, 1.165) is 62.9 Å². The van der Waals surface area contributed by atoms with Gasteiger partial charge in [0, 0.05) is 18.8 Å². The maximum absolute atomic E-state index is 11.8. The molecule has 4 unspecified atom stereocenters. The Morgan fingerprint density at radius 3 is 2.75 bits per heavy atom. The Kier molecular flexibility index (Phi) is 7.43. The minimum atomic E-state index is -0.217. The van der Waals surface area contributed by atoms with Crippen LogP contribution in [0, 0.1) is 17.3 Å². The van der Waals surface area contributed by atoms with Crippen molar-refractivity contribution < 1.29 is 24.1 Å². The van der Waals surface area contributed by atoms with Crippen molar-refractivity contribution in [2.24, 2.45) is 17.3 Å². The van der Waals surface area contributed by atoms with E-state index in [1.807, 2.05) is 0 Å². The summed E-state index contributed by atoms with van der Waals surface area (Å²) in [5.41, 5.74) is 1.07. The molecule has 5 heteroatoms. The average Bonchev–Trinajstić information content (AvgIpc) is 3.21. The Bertz CT molecular complexity index is 561. The van der Waals surface area contributed by atoms with Crippen molar-refractivity contribution in [3.05, 3.63) is 11.3 Å². The monoisotopic (exact) mass is 394 g/mol. The van der Waals surface area contributed by atoms with Gasteiger partial charge in [0.2, 0.25) is 0 Å². The molecular weight excluding hydrogens is 356 g/mol. The van der Waals surface area contributed by atoms with Crippen molar-refractivity contribution in [1.82, 2.24) is 0 Å². The molecule has 3 rings (SSSR count). The summed E-state index contributed by atoms with van der Waals surface area (Å²) >= 11 is 0. The summed E-state index contributed by atoms with van der Waals surface area (Å²) in [6, 6.07) is 0. The standard InChI is InChI=1S/C23H38O5/c1-4-5-11-23(2,3)14-20(28-22-8-6-7-12-26-22)18(15-24)16-9-10-19-17(16)13-21(25)27-19/h16-17,19,22,24H,4-15H2,1-3H3. The lowest BCUT2D eigenvalue weighted by molar-refractivity contribution is -0.143. The number of hydrogen-bond acceptors (Lipinski definition) is 5. The number of ether oxygens (including phenoxy) is 3. The molecule has 3 fully saturated rings. The van der Waals surface area contributed by atoms with Crippen molar-refractivity contribution in [3.8, 4) is 0 Å². The fraction of sp³-hybridized carbons (Fsp3) is 0.870. The maximum atomic E-state index is 11.8. The second-order valence-electron chi connectivity index (χ2n) is 9.55. The molecule has 1 aliphatic carbocycles.